The second-order valence-electron chi connectivity index (χ2n) is 5.11. The molecule has 0 bridgehead atoms. The Morgan fingerprint density at radius 1 is 1.04 bits per heavy atom. The Morgan fingerprint density at radius 2 is 1.60 bits per heavy atom. The first-order valence-electron chi connectivity index (χ1n) is 7.63. The number of hydrogen-bond acceptors (Lipinski definition) is 7. The zero-order valence-electron chi connectivity index (χ0n) is 13.4. The molecule has 25 heavy (non-hydrogen) atoms. The van der Waals surface area contributed by atoms with E-state index in [2.05, 4.69) is 16.3 Å². The summed E-state index contributed by atoms with van der Waals surface area (Å²) in [5.74, 6) is 0. The molecule has 2 aromatic rings. The summed E-state index contributed by atoms with van der Waals surface area (Å²) >= 11 is 0. The van der Waals surface area contributed by atoms with Crippen LogP contribution in [0.15, 0.2) is 58.8 Å². The van der Waals surface area contributed by atoms with Crippen molar-refractivity contribution in [3.63, 3.8) is 0 Å². The number of non-ortho nitro benzene ring substituents is 1. The van der Waals surface area contributed by atoms with Crippen LogP contribution in [0.5, 0.6) is 0 Å². The molecule has 0 spiro atoms. The molecule has 0 fully saturated rings. The zero-order valence-corrected chi connectivity index (χ0v) is 13.4. The van der Waals surface area contributed by atoms with Gasteiger partial charge in [-0.2, -0.15) is 15.5 Å². The van der Waals surface area contributed by atoms with Gasteiger partial charge < -0.3 is 10.0 Å². The first-order valence-corrected chi connectivity index (χ1v) is 7.63. The van der Waals surface area contributed by atoms with Crippen molar-refractivity contribution in [3.05, 3.63) is 58.6 Å². The van der Waals surface area contributed by atoms with Crippen molar-refractivity contribution in [3.8, 4) is 6.07 Å². The van der Waals surface area contributed by atoms with Crippen LogP contribution in [-0.4, -0.2) is 29.7 Å². The number of nitro groups is 1. The van der Waals surface area contributed by atoms with E-state index in [-0.39, 0.29) is 12.3 Å². The summed E-state index contributed by atoms with van der Waals surface area (Å²) in [7, 11) is 0. The van der Waals surface area contributed by atoms with E-state index in [1.54, 1.807) is 12.1 Å². The average molecular weight is 339 g/mol. The lowest BCUT2D eigenvalue weighted by molar-refractivity contribution is -0.384. The standard InChI is InChI=1S/C17H17N5O3/c18-10-1-11-21(12-13-23)16-6-2-14(3-7-16)19-20-15-4-8-17(9-5-15)22(24)25/h2-9,23H,1,11-13H2. The fourth-order valence-corrected chi connectivity index (χ4v) is 2.16. The van der Waals surface area contributed by atoms with Gasteiger partial charge in [0.1, 0.15) is 0 Å². The van der Waals surface area contributed by atoms with Gasteiger partial charge in [-0.05, 0) is 36.4 Å². The SMILES string of the molecule is N#CCCN(CCO)c1ccc(N=Nc2ccc([N+](=O)[O-])cc2)cc1. The fraction of sp³-hybridized carbons (Fsp3) is 0.235. The summed E-state index contributed by atoms with van der Waals surface area (Å²) in [6, 6.07) is 15.1. The van der Waals surface area contributed by atoms with Crippen LogP contribution >= 0.6 is 0 Å². The Kier molecular flexibility index (Phi) is 6.56. The van der Waals surface area contributed by atoms with Crippen molar-refractivity contribution < 1.29 is 10.0 Å². The zero-order chi connectivity index (χ0) is 18.1. The van der Waals surface area contributed by atoms with Crippen LogP contribution in [0.25, 0.3) is 0 Å². The molecule has 0 saturated carbocycles. The third-order valence-electron chi connectivity index (χ3n) is 3.42. The third kappa shape index (κ3) is 5.37. The summed E-state index contributed by atoms with van der Waals surface area (Å²) in [5, 5.41) is 36.6. The molecule has 0 heterocycles. The minimum atomic E-state index is -0.468. The van der Waals surface area contributed by atoms with Crippen molar-refractivity contribution in [1.82, 2.24) is 0 Å². The smallest absolute Gasteiger partial charge is 0.269 e. The van der Waals surface area contributed by atoms with Crippen LogP contribution in [0.2, 0.25) is 0 Å². The lowest BCUT2D eigenvalue weighted by Crippen LogP contribution is -2.27. The van der Waals surface area contributed by atoms with Gasteiger partial charge in [0.15, 0.2) is 0 Å². The molecule has 2 rings (SSSR count). The van der Waals surface area contributed by atoms with E-state index in [1.807, 2.05) is 17.0 Å². The topological polar surface area (TPSA) is 115 Å². The highest BCUT2D eigenvalue weighted by atomic mass is 16.6. The highest BCUT2D eigenvalue weighted by molar-refractivity contribution is 5.53. The number of nitro benzene ring substituents is 1. The number of benzene rings is 2. The first kappa shape index (κ1) is 18.0. The Balaban J connectivity index is 2.05. The fourth-order valence-electron chi connectivity index (χ4n) is 2.16. The van der Waals surface area contributed by atoms with E-state index < -0.39 is 4.92 Å². The molecular weight excluding hydrogens is 322 g/mol. The van der Waals surface area contributed by atoms with Crippen LogP contribution in [0.1, 0.15) is 6.42 Å². The molecule has 0 saturated heterocycles. The van der Waals surface area contributed by atoms with E-state index >= 15 is 0 Å². The molecule has 0 amide bonds. The van der Waals surface area contributed by atoms with Gasteiger partial charge >= 0.3 is 0 Å². The van der Waals surface area contributed by atoms with Crippen LogP contribution < -0.4 is 4.90 Å². The maximum atomic E-state index is 10.6. The average Bonchev–Trinajstić information content (AvgIpc) is 2.64. The maximum absolute atomic E-state index is 10.6. The highest BCUT2D eigenvalue weighted by Gasteiger charge is 2.06. The van der Waals surface area contributed by atoms with Gasteiger partial charge in [-0.3, -0.25) is 10.1 Å². The van der Waals surface area contributed by atoms with Gasteiger partial charge in [-0.1, -0.05) is 0 Å². The number of nitrogens with zero attached hydrogens (tertiary/aromatic N) is 5. The Morgan fingerprint density at radius 3 is 2.08 bits per heavy atom. The number of aliphatic hydroxyl groups excluding tert-OH is 1. The summed E-state index contributed by atoms with van der Waals surface area (Å²) in [6.07, 6.45) is 0.377. The Labute approximate surface area is 144 Å². The van der Waals surface area contributed by atoms with Crippen molar-refractivity contribution in [2.45, 2.75) is 6.42 Å². The lowest BCUT2D eigenvalue weighted by atomic mass is 10.2. The second-order valence-corrected chi connectivity index (χ2v) is 5.11. The second kappa shape index (κ2) is 9.10. The summed E-state index contributed by atoms with van der Waals surface area (Å²) in [4.78, 5) is 12.1. The lowest BCUT2D eigenvalue weighted by Gasteiger charge is -2.22. The minimum absolute atomic E-state index is 0.00430. The van der Waals surface area contributed by atoms with Crippen molar-refractivity contribution in [1.29, 1.82) is 5.26 Å². The largest absolute Gasteiger partial charge is 0.395 e. The summed E-state index contributed by atoms with van der Waals surface area (Å²) in [6.45, 7) is 0.999. The predicted octanol–water partition coefficient (Wildman–Crippen LogP) is 3.72. The summed E-state index contributed by atoms with van der Waals surface area (Å²) < 4.78 is 0. The molecule has 2 aromatic carbocycles. The maximum Gasteiger partial charge on any atom is 0.269 e. The number of azo groups is 1. The molecule has 0 aliphatic carbocycles. The van der Waals surface area contributed by atoms with Crippen molar-refractivity contribution in [2.24, 2.45) is 10.2 Å². The van der Waals surface area contributed by atoms with Crippen LogP contribution in [0.4, 0.5) is 22.7 Å². The molecule has 0 atom stereocenters. The van der Waals surface area contributed by atoms with Gasteiger partial charge in [0.2, 0.25) is 0 Å². The van der Waals surface area contributed by atoms with Crippen LogP contribution in [0, 0.1) is 21.4 Å². The quantitative estimate of drug-likeness (QED) is 0.447. The van der Waals surface area contributed by atoms with Crippen molar-refractivity contribution >= 4 is 22.7 Å². The Bertz CT molecular complexity index is 766. The molecular formula is C17H17N5O3. The van der Waals surface area contributed by atoms with E-state index in [0.717, 1.165) is 5.69 Å². The van der Waals surface area contributed by atoms with Gasteiger partial charge in [-0.25, -0.2) is 0 Å². The van der Waals surface area contributed by atoms with Crippen LogP contribution in [0.3, 0.4) is 0 Å². The summed E-state index contributed by atoms with van der Waals surface area (Å²) in [5.41, 5.74) is 2.04. The number of hydrogen-bond donors (Lipinski definition) is 1. The van der Waals surface area contributed by atoms with E-state index in [1.165, 1.54) is 24.3 Å². The van der Waals surface area contributed by atoms with E-state index in [4.69, 9.17) is 10.4 Å². The minimum Gasteiger partial charge on any atom is -0.395 e. The number of anilines is 1. The molecule has 0 unspecified atom stereocenters. The van der Waals surface area contributed by atoms with Gasteiger partial charge in [0.25, 0.3) is 5.69 Å². The molecule has 128 valence electrons. The molecule has 0 aromatic heterocycles. The third-order valence-corrected chi connectivity index (χ3v) is 3.42. The molecule has 0 radical (unpaired) electrons. The first-order chi connectivity index (χ1) is 12.1. The van der Waals surface area contributed by atoms with Crippen molar-refractivity contribution in [2.75, 3.05) is 24.6 Å². The molecule has 8 nitrogen and oxygen atoms in total. The molecule has 8 heteroatoms. The number of aliphatic hydroxyl groups is 1. The number of rotatable bonds is 8. The van der Waals surface area contributed by atoms with Gasteiger partial charge in [-0.15, -0.1) is 0 Å². The highest BCUT2D eigenvalue weighted by Crippen LogP contribution is 2.23. The monoisotopic (exact) mass is 339 g/mol. The molecule has 0 aliphatic rings. The number of nitriles is 1. The molecule has 1 N–H and O–H groups in total. The van der Waals surface area contributed by atoms with E-state index in [0.29, 0.717) is 30.9 Å². The van der Waals surface area contributed by atoms with E-state index in [9.17, 15) is 10.1 Å². The Hall–Kier alpha value is -3.31. The predicted molar refractivity (Wildman–Crippen MR) is 93.2 cm³/mol. The molecule has 0 aliphatic heterocycles. The normalized spacial score (nSPS) is 10.6. The van der Waals surface area contributed by atoms with Crippen LogP contribution in [-0.2, 0) is 0 Å². The van der Waals surface area contributed by atoms with Gasteiger partial charge in [0.05, 0.1) is 35.4 Å². The van der Waals surface area contributed by atoms with Gasteiger partial charge in [0, 0.05) is 30.9 Å².